The topological polar surface area (TPSA) is 66.5 Å². The van der Waals surface area contributed by atoms with E-state index < -0.39 is 16.1 Å². The van der Waals surface area contributed by atoms with E-state index in [1.165, 1.54) is 17.1 Å². The number of amides is 1. The van der Waals surface area contributed by atoms with Gasteiger partial charge in [-0.1, -0.05) is 65.9 Å². The van der Waals surface area contributed by atoms with Crippen LogP contribution in [0.1, 0.15) is 62.1 Å². The normalized spacial score (nSPS) is 20.6. The summed E-state index contributed by atoms with van der Waals surface area (Å²) in [6.45, 7) is 0.372. The van der Waals surface area contributed by atoms with Crippen molar-refractivity contribution in [3.8, 4) is 0 Å². The van der Waals surface area contributed by atoms with E-state index in [4.69, 9.17) is 0 Å². The van der Waals surface area contributed by atoms with E-state index in [0.29, 0.717) is 13.0 Å². The van der Waals surface area contributed by atoms with Crippen LogP contribution in [0, 0.1) is 0 Å². The van der Waals surface area contributed by atoms with Crippen LogP contribution in [-0.4, -0.2) is 31.2 Å². The van der Waals surface area contributed by atoms with Crippen molar-refractivity contribution in [1.82, 2.24) is 9.62 Å². The lowest BCUT2D eigenvalue weighted by Crippen LogP contribution is -2.43. The van der Waals surface area contributed by atoms with Crippen LogP contribution < -0.4 is 5.32 Å². The first kappa shape index (κ1) is 22.5. The first-order valence-electron chi connectivity index (χ1n) is 11.1. The van der Waals surface area contributed by atoms with E-state index in [0.717, 1.165) is 41.3 Å². The molecule has 1 heterocycles. The van der Waals surface area contributed by atoms with E-state index in [-0.39, 0.29) is 23.3 Å². The highest BCUT2D eigenvalue weighted by Gasteiger charge is 2.37. The Kier molecular flexibility index (Phi) is 7.14. The standard InChI is InChI=1S/C24H29BrN2O3S/c25-19-11-13-21(14-12-19)31(29,30)27-16-15-18-7-5-6-10-22(18)23(27)17-24(28)26-20-8-3-1-2-4-9-20/h5-7,10-14,20,23H,1-4,8-9,15-17H2,(H,26,28). The quantitative estimate of drug-likeness (QED) is 0.584. The molecule has 31 heavy (non-hydrogen) atoms. The highest BCUT2D eigenvalue weighted by atomic mass is 79.9. The molecular weight excluding hydrogens is 476 g/mol. The van der Waals surface area contributed by atoms with Crippen molar-refractivity contribution in [2.24, 2.45) is 0 Å². The van der Waals surface area contributed by atoms with Gasteiger partial charge < -0.3 is 5.32 Å². The highest BCUT2D eigenvalue weighted by molar-refractivity contribution is 9.10. The molecule has 2 aromatic carbocycles. The summed E-state index contributed by atoms with van der Waals surface area (Å²) in [4.78, 5) is 13.3. The molecule has 4 rings (SSSR count). The summed E-state index contributed by atoms with van der Waals surface area (Å²) in [6, 6.07) is 14.3. The second-order valence-electron chi connectivity index (χ2n) is 8.49. The molecule has 1 aliphatic heterocycles. The molecule has 1 saturated carbocycles. The second kappa shape index (κ2) is 9.84. The summed E-state index contributed by atoms with van der Waals surface area (Å²) in [5, 5.41) is 3.19. The predicted molar refractivity (Wildman–Crippen MR) is 125 cm³/mol. The summed E-state index contributed by atoms with van der Waals surface area (Å²) in [7, 11) is -3.72. The number of carbonyl (C=O) groups is 1. The Morgan fingerprint density at radius 2 is 1.68 bits per heavy atom. The van der Waals surface area contributed by atoms with Gasteiger partial charge >= 0.3 is 0 Å². The molecule has 0 spiro atoms. The summed E-state index contributed by atoms with van der Waals surface area (Å²) >= 11 is 3.37. The fourth-order valence-electron chi connectivity index (χ4n) is 4.76. The van der Waals surface area contributed by atoms with E-state index >= 15 is 0 Å². The van der Waals surface area contributed by atoms with Gasteiger partial charge in [0.25, 0.3) is 0 Å². The number of benzene rings is 2. The highest BCUT2D eigenvalue weighted by Crippen LogP contribution is 2.36. The maximum Gasteiger partial charge on any atom is 0.243 e. The van der Waals surface area contributed by atoms with Crippen molar-refractivity contribution in [3.05, 3.63) is 64.1 Å². The number of sulfonamides is 1. The van der Waals surface area contributed by atoms with Gasteiger partial charge in [0, 0.05) is 23.5 Å². The Balaban J connectivity index is 1.60. The number of nitrogens with one attached hydrogen (secondary N) is 1. The summed E-state index contributed by atoms with van der Waals surface area (Å²) < 4.78 is 29.4. The zero-order valence-electron chi connectivity index (χ0n) is 17.6. The van der Waals surface area contributed by atoms with Gasteiger partial charge in [-0.15, -0.1) is 0 Å². The smallest absolute Gasteiger partial charge is 0.243 e. The van der Waals surface area contributed by atoms with Crippen molar-refractivity contribution in [3.63, 3.8) is 0 Å². The molecule has 1 N–H and O–H groups in total. The molecule has 1 aliphatic carbocycles. The van der Waals surface area contributed by atoms with E-state index in [1.807, 2.05) is 24.3 Å². The molecule has 2 aromatic rings. The summed E-state index contributed by atoms with van der Waals surface area (Å²) in [5.41, 5.74) is 2.06. The Bertz CT molecular complexity index is 1020. The number of fused-ring (bicyclic) bond motifs is 1. The summed E-state index contributed by atoms with van der Waals surface area (Å²) in [6.07, 6.45) is 7.53. The van der Waals surface area contributed by atoms with Crippen LogP contribution in [-0.2, 0) is 21.2 Å². The average Bonchev–Trinajstić information content (AvgIpc) is 3.02. The molecule has 7 heteroatoms. The molecule has 0 radical (unpaired) electrons. The minimum Gasteiger partial charge on any atom is -0.353 e. The SMILES string of the molecule is O=C(CC1c2ccccc2CCN1S(=O)(=O)c1ccc(Br)cc1)NC1CCCCCC1. The fraction of sp³-hybridized carbons (Fsp3) is 0.458. The first-order chi connectivity index (χ1) is 14.9. The van der Waals surface area contributed by atoms with Gasteiger partial charge in [0.15, 0.2) is 0 Å². The van der Waals surface area contributed by atoms with Crippen LogP contribution >= 0.6 is 15.9 Å². The lowest BCUT2D eigenvalue weighted by atomic mass is 9.92. The summed E-state index contributed by atoms with van der Waals surface area (Å²) in [5.74, 6) is -0.0652. The maximum absolute atomic E-state index is 13.5. The van der Waals surface area contributed by atoms with Crippen LogP contribution in [0.5, 0.6) is 0 Å². The van der Waals surface area contributed by atoms with E-state index in [2.05, 4.69) is 21.2 Å². The van der Waals surface area contributed by atoms with Crippen molar-refractivity contribution in [1.29, 1.82) is 0 Å². The van der Waals surface area contributed by atoms with Crippen LogP contribution in [0.3, 0.4) is 0 Å². The van der Waals surface area contributed by atoms with Gasteiger partial charge in [-0.05, 0) is 54.7 Å². The minimum atomic E-state index is -3.72. The molecule has 0 aromatic heterocycles. The molecule has 0 saturated heterocycles. The number of rotatable bonds is 5. The maximum atomic E-state index is 13.5. The van der Waals surface area contributed by atoms with Gasteiger partial charge in [0.05, 0.1) is 10.9 Å². The monoisotopic (exact) mass is 504 g/mol. The Labute approximate surface area is 193 Å². The second-order valence-corrected chi connectivity index (χ2v) is 11.3. The Hall–Kier alpha value is -1.70. The minimum absolute atomic E-state index is 0.0652. The zero-order valence-corrected chi connectivity index (χ0v) is 20.0. The Morgan fingerprint density at radius 3 is 2.39 bits per heavy atom. The molecule has 166 valence electrons. The van der Waals surface area contributed by atoms with Crippen molar-refractivity contribution < 1.29 is 13.2 Å². The van der Waals surface area contributed by atoms with Gasteiger partial charge in [0.2, 0.25) is 15.9 Å². The number of halogens is 1. The van der Waals surface area contributed by atoms with Crippen molar-refractivity contribution >= 4 is 31.9 Å². The third-order valence-electron chi connectivity index (χ3n) is 6.38. The van der Waals surface area contributed by atoms with Gasteiger partial charge in [-0.25, -0.2) is 8.42 Å². The molecule has 5 nitrogen and oxygen atoms in total. The Morgan fingerprint density at radius 1 is 1.00 bits per heavy atom. The van der Waals surface area contributed by atoms with Crippen LogP contribution in [0.4, 0.5) is 0 Å². The average molecular weight is 505 g/mol. The molecule has 0 bridgehead atoms. The lowest BCUT2D eigenvalue weighted by Gasteiger charge is -2.36. The number of carbonyl (C=O) groups excluding carboxylic acids is 1. The van der Waals surface area contributed by atoms with Crippen molar-refractivity contribution in [2.75, 3.05) is 6.54 Å². The largest absolute Gasteiger partial charge is 0.353 e. The van der Waals surface area contributed by atoms with Crippen LogP contribution in [0.25, 0.3) is 0 Å². The lowest BCUT2D eigenvalue weighted by molar-refractivity contribution is -0.122. The molecule has 2 aliphatic rings. The zero-order chi connectivity index (χ0) is 21.8. The number of hydrogen-bond donors (Lipinski definition) is 1. The molecule has 1 amide bonds. The van der Waals surface area contributed by atoms with Crippen molar-refractivity contribution in [2.45, 2.75) is 68.3 Å². The first-order valence-corrected chi connectivity index (χ1v) is 13.3. The fourth-order valence-corrected chi connectivity index (χ4v) is 6.63. The van der Waals surface area contributed by atoms with E-state index in [9.17, 15) is 13.2 Å². The van der Waals surface area contributed by atoms with Gasteiger partial charge in [-0.3, -0.25) is 4.79 Å². The molecule has 1 atom stereocenters. The van der Waals surface area contributed by atoms with Gasteiger partial charge in [0.1, 0.15) is 0 Å². The molecule has 1 unspecified atom stereocenters. The van der Waals surface area contributed by atoms with Crippen LogP contribution in [0.15, 0.2) is 57.9 Å². The van der Waals surface area contributed by atoms with E-state index in [1.54, 1.807) is 24.3 Å². The molecule has 1 fully saturated rings. The molecular formula is C24H29BrN2O3S. The number of nitrogens with zero attached hydrogens (tertiary/aromatic N) is 1. The third-order valence-corrected chi connectivity index (χ3v) is 8.83. The predicted octanol–water partition coefficient (Wildman–Crippen LogP) is 4.97. The number of hydrogen-bond acceptors (Lipinski definition) is 3. The van der Waals surface area contributed by atoms with Crippen LogP contribution in [0.2, 0.25) is 0 Å². The van der Waals surface area contributed by atoms with Gasteiger partial charge in [-0.2, -0.15) is 4.31 Å². The third kappa shape index (κ3) is 5.21.